The third-order valence-corrected chi connectivity index (χ3v) is 5.17. The first-order valence-electron chi connectivity index (χ1n) is 8.94. The van der Waals surface area contributed by atoms with Crippen molar-refractivity contribution in [3.05, 3.63) is 30.4 Å². The van der Waals surface area contributed by atoms with Crippen molar-refractivity contribution in [3.63, 3.8) is 0 Å². The van der Waals surface area contributed by atoms with Crippen molar-refractivity contribution in [1.29, 1.82) is 0 Å². The minimum absolute atomic E-state index is 0.501. The number of H-pyrrole nitrogens is 1. The summed E-state index contributed by atoms with van der Waals surface area (Å²) in [6, 6.07) is 3.98. The molecule has 1 saturated heterocycles. The van der Waals surface area contributed by atoms with E-state index in [2.05, 4.69) is 31.1 Å². The zero-order chi connectivity index (χ0) is 18.8. The Morgan fingerprint density at radius 2 is 1.81 bits per heavy atom. The first-order valence-corrected chi connectivity index (χ1v) is 8.94. The average Bonchev–Trinajstić information content (AvgIpc) is 3.26. The molecule has 0 atom stereocenters. The molecule has 1 fully saturated rings. The van der Waals surface area contributed by atoms with Crippen LogP contribution in [0.2, 0.25) is 0 Å². The zero-order valence-corrected chi connectivity index (χ0v) is 15.7. The molecule has 1 aromatic carbocycles. The second-order valence-electron chi connectivity index (χ2n) is 6.51. The lowest BCUT2D eigenvalue weighted by molar-refractivity contribution is 0.327. The van der Waals surface area contributed by atoms with Crippen LogP contribution in [0.1, 0.15) is 24.5 Å². The maximum absolute atomic E-state index is 5.58. The number of nitrogens with zero attached hydrogens (tertiary/aromatic N) is 4. The van der Waals surface area contributed by atoms with Gasteiger partial charge >= 0.3 is 0 Å². The van der Waals surface area contributed by atoms with Gasteiger partial charge in [0.15, 0.2) is 11.5 Å². The molecule has 0 bridgehead atoms. The normalized spacial score (nSPS) is 15.1. The number of aromatic amines is 1. The Kier molecular flexibility index (Phi) is 4.70. The van der Waals surface area contributed by atoms with Crippen molar-refractivity contribution in [1.82, 2.24) is 20.2 Å². The van der Waals surface area contributed by atoms with E-state index in [0.29, 0.717) is 23.2 Å². The summed E-state index contributed by atoms with van der Waals surface area (Å²) in [5, 5.41) is 8.06. The summed E-state index contributed by atoms with van der Waals surface area (Å²) >= 11 is 0. The van der Waals surface area contributed by atoms with Gasteiger partial charge in [0.05, 0.1) is 26.7 Å². The van der Waals surface area contributed by atoms with E-state index in [1.807, 2.05) is 12.3 Å². The Morgan fingerprint density at radius 3 is 2.44 bits per heavy atom. The molecule has 0 amide bonds. The van der Waals surface area contributed by atoms with E-state index in [0.717, 1.165) is 42.7 Å². The molecule has 0 unspecified atom stereocenters. The van der Waals surface area contributed by atoms with Crippen molar-refractivity contribution < 1.29 is 14.2 Å². The van der Waals surface area contributed by atoms with Crippen LogP contribution in [-0.2, 0) is 0 Å². The van der Waals surface area contributed by atoms with Gasteiger partial charge in [-0.05, 0) is 25.0 Å². The number of nitrogens with one attached hydrogen (secondary N) is 1. The molecule has 27 heavy (non-hydrogen) atoms. The van der Waals surface area contributed by atoms with Gasteiger partial charge in [0.1, 0.15) is 17.7 Å². The van der Waals surface area contributed by atoms with Crippen molar-refractivity contribution >= 4 is 16.7 Å². The van der Waals surface area contributed by atoms with Crippen molar-refractivity contribution in [3.8, 4) is 17.2 Å². The van der Waals surface area contributed by atoms with Crippen LogP contribution in [0.15, 0.2) is 24.7 Å². The molecule has 2 aromatic heterocycles. The lowest BCUT2D eigenvalue weighted by Crippen LogP contribution is -2.33. The van der Waals surface area contributed by atoms with Crippen LogP contribution < -0.4 is 19.1 Å². The topological polar surface area (TPSA) is 85.4 Å². The van der Waals surface area contributed by atoms with Crippen LogP contribution in [0.3, 0.4) is 0 Å². The third-order valence-electron chi connectivity index (χ3n) is 5.17. The SMILES string of the molecule is COc1cc2c(N3CCC(c4ccn[nH]4)CC3)ncnc2c(OC)c1OC. The number of fused-ring (bicyclic) bond motifs is 1. The molecular weight excluding hydrogens is 346 g/mol. The molecule has 0 spiro atoms. The highest BCUT2D eigenvalue weighted by atomic mass is 16.5. The Bertz CT molecular complexity index is 921. The number of rotatable bonds is 5. The van der Waals surface area contributed by atoms with E-state index in [1.54, 1.807) is 27.7 Å². The predicted molar refractivity (Wildman–Crippen MR) is 102 cm³/mol. The van der Waals surface area contributed by atoms with Gasteiger partial charge < -0.3 is 19.1 Å². The number of hydrogen-bond acceptors (Lipinski definition) is 7. The summed E-state index contributed by atoms with van der Waals surface area (Å²) in [7, 11) is 4.81. The molecule has 142 valence electrons. The highest BCUT2D eigenvalue weighted by molar-refractivity contribution is 5.97. The van der Waals surface area contributed by atoms with Gasteiger partial charge in [0, 0.05) is 30.9 Å². The van der Waals surface area contributed by atoms with Gasteiger partial charge in [-0.2, -0.15) is 5.10 Å². The van der Waals surface area contributed by atoms with Crippen LogP contribution in [0, 0.1) is 0 Å². The van der Waals surface area contributed by atoms with Gasteiger partial charge in [0.25, 0.3) is 0 Å². The Balaban J connectivity index is 1.70. The largest absolute Gasteiger partial charge is 0.493 e. The molecule has 8 heteroatoms. The molecular formula is C19H23N5O3. The molecule has 1 aliphatic heterocycles. The number of piperidine rings is 1. The van der Waals surface area contributed by atoms with Crippen molar-refractivity contribution in [2.24, 2.45) is 0 Å². The highest BCUT2D eigenvalue weighted by Crippen LogP contribution is 2.44. The van der Waals surface area contributed by atoms with Crippen LogP contribution >= 0.6 is 0 Å². The van der Waals surface area contributed by atoms with Crippen molar-refractivity contribution in [2.75, 3.05) is 39.3 Å². The monoisotopic (exact) mass is 369 g/mol. The van der Waals surface area contributed by atoms with Gasteiger partial charge in [0.2, 0.25) is 5.75 Å². The van der Waals surface area contributed by atoms with Gasteiger partial charge in [-0.3, -0.25) is 5.10 Å². The molecule has 0 radical (unpaired) electrons. The maximum Gasteiger partial charge on any atom is 0.205 e. The van der Waals surface area contributed by atoms with E-state index in [-0.39, 0.29) is 0 Å². The number of aromatic nitrogens is 4. The standard InChI is InChI=1S/C19H23N5O3/c1-25-15-10-13-16(18(27-3)17(15)26-2)20-11-21-19(13)24-8-5-12(6-9-24)14-4-7-22-23-14/h4,7,10-12H,5-6,8-9H2,1-3H3,(H,22,23). The quantitative estimate of drug-likeness (QED) is 0.740. The summed E-state index contributed by atoms with van der Waals surface area (Å²) in [5.74, 6) is 3.09. The Labute approximate surface area is 157 Å². The van der Waals surface area contributed by atoms with E-state index in [1.165, 1.54) is 5.69 Å². The van der Waals surface area contributed by atoms with E-state index < -0.39 is 0 Å². The van der Waals surface area contributed by atoms with Gasteiger partial charge in [-0.25, -0.2) is 9.97 Å². The summed E-state index contributed by atoms with van der Waals surface area (Å²) in [6.45, 7) is 1.82. The molecule has 1 aliphatic rings. The lowest BCUT2D eigenvalue weighted by atomic mass is 9.93. The number of anilines is 1. The van der Waals surface area contributed by atoms with Crippen LogP contribution in [0.4, 0.5) is 5.82 Å². The summed E-state index contributed by atoms with van der Waals surface area (Å²) in [5.41, 5.74) is 1.92. The lowest BCUT2D eigenvalue weighted by Gasteiger charge is -2.33. The number of ether oxygens (including phenoxy) is 3. The van der Waals surface area contributed by atoms with E-state index in [9.17, 15) is 0 Å². The number of methoxy groups -OCH3 is 3. The molecule has 4 rings (SSSR count). The Hall–Kier alpha value is -3.03. The first-order chi connectivity index (χ1) is 13.3. The van der Waals surface area contributed by atoms with Gasteiger partial charge in [-0.1, -0.05) is 0 Å². The smallest absolute Gasteiger partial charge is 0.205 e. The molecule has 3 aromatic rings. The van der Waals surface area contributed by atoms with E-state index >= 15 is 0 Å². The Morgan fingerprint density at radius 1 is 1.04 bits per heavy atom. The molecule has 3 heterocycles. The minimum Gasteiger partial charge on any atom is -0.493 e. The second-order valence-corrected chi connectivity index (χ2v) is 6.51. The first kappa shape index (κ1) is 17.4. The average molecular weight is 369 g/mol. The molecule has 0 aliphatic carbocycles. The van der Waals surface area contributed by atoms with Crippen LogP contribution in [0.25, 0.3) is 10.9 Å². The second kappa shape index (κ2) is 7.30. The predicted octanol–water partition coefficient (Wildman–Crippen LogP) is 2.76. The minimum atomic E-state index is 0.501. The summed E-state index contributed by atoms with van der Waals surface area (Å²) in [6.07, 6.45) is 5.47. The fraction of sp³-hybridized carbons (Fsp3) is 0.421. The molecule has 8 nitrogen and oxygen atoms in total. The molecule has 0 saturated carbocycles. The summed E-state index contributed by atoms with van der Waals surface area (Å²) in [4.78, 5) is 11.3. The number of hydrogen-bond donors (Lipinski definition) is 1. The van der Waals surface area contributed by atoms with Crippen LogP contribution in [-0.4, -0.2) is 54.6 Å². The van der Waals surface area contributed by atoms with Crippen LogP contribution in [0.5, 0.6) is 17.2 Å². The fourth-order valence-corrected chi connectivity index (χ4v) is 3.80. The highest BCUT2D eigenvalue weighted by Gasteiger charge is 2.26. The molecule has 1 N–H and O–H groups in total. The van der Waals surface area contributed by atoms with Gasteiger partial charge in [-0.15, -0.1) is 0 Å². The van der Waals surface area contributed by atoms with Crippen molar-refractivity contribution in [2.45, 2.75) is 18.8 Å². The number of benzene rings is 1. The zero-order valence-electron chi connectivity index (χ0n) is 15.7. The van der Waals surface area contributed by atoms with E-state index in [4.69, 9.17) is 14.2 Å². The summed E-state index contributed by atoms with van der Waals surface area (Å²) < 4.78 is 16.6. The maximum atomic E-state index is 5.58. The fourth-order valence-electron chi connectivity index (χ4n) is 3.80. The third kappa shape index (κ3) is 3.01.